The summed E-state index contributed by atoms with van der Waals surface area (Å²) in [5.74, 6) is 1.65. The Balaban J connectivity index is 1.48. The molecule has 1 heterocycles. The van der Waals surface area contributed by atoms with Gasteiger partial charge in [0.2, 0.25) is 6.79 Å². The Bertz CT molecular complexity index is 1060. The number of carbonyl (C=O) groups excluding carboxylic acids is 1. The second kappa shape index (κ2) is 7.60. The van der Waals surface area contributed by atoms with Gasteiger partial charge >= 0.3 is 0 Å². The van der Waals surface area contributed by atoms with E-state index in [1.165, 1.54) is 0 Å². The van der Waals surface area contributed by atoms with Crippen molar-refractivity contribution in [1.29, 1.82) is 0 Å². The molecule has 1 aliphatic carbocycles. The molecule has 0 spiro atoms. The van der Waals surface area contributed by atoms with Gasteiger partial charge in [0.05, 0.1) is 19.2 Å². The van der Waals surface area contributed by atoms with E-state index in [1.54, 1.807) is 31.8 Å². The highest BCUT2D eigenvalue weighted by atomic mass is 16.7. The Hall–Kier alpha value is -3.54. The molecule has 2 aliphatic rings. The highest BCUT2D eigenvalue weighted by Gasteiger charge is 2.22. The van der Waals surface area contributed by atoms with Crippen LogP contribution < -0.4 is 10.2 Å². The van der Waals surface area contributed by atoms with Gasteiger partial charge in [0.1, 0.15) is 5.75 Å². The molecular weight excluding hydrogens is 356 g/mol. The van der Waals surface area contributed by atoms with Gasteiger partial charge in [0.15, 0.2) is 11.5 Å². The number of carbonyl (C=O) groups is 1. The zero-order valence-electron chi connectivity index (χ0n) is 15.6. The first-order chi connectivity index (χ1) is 13.6. The van der Waals surface area contributed by atoms with Crippen LogP contribution in [0.4, 0.5) is 0 Å². The lowest BCUT2D eigenvalue weighted by Crippen LogP contribution is -2.22. The Morgan fingerprint density at radius 1 is 1.11 bits per heavy atom. The number of amides is 1. The van der Waals surface area contributed by atoms with Gasteiger partial charge in [-0.25, -0.2) is 5.43 Å². The van der Waals surface area contributed by atoms with Crippen LogP contribution in [-0.2, 0) is 14.3 Å². The average Bonchev–Trinajstić information content (AvgIpc) is 3.07. The van der Waals surface area contributed by atoms with Gasteiger partial charge in [-0.3, -0.25) is 4.79 Å². The van der Waals surface area contributed by atoms with Gasteiger partial charge in [-0.15, -0.1) is 0 Å². The van der Waals surface area contributed by atoms with Crippen molar-refractivity contribution in [3.63, 3.8) is 0 Å². The summed E-state index contributed by atoms with van der Waals surface area (Å²) in [6.07, 6.45) is 6.84. The average molecular weight is 375 g/mol. The van der Waals surface area contributed by atoms with E-state index in [0.29, 0.717) is 22.8 Å². The predicted molar refractivity (Wildman–Crippen MR) is 106 cm³/mol. The Morgan fingerprint density at radius 2 is 1.89 bits per heavy atom. The number of rotatable bonds is 4. The second-order valence-corrected chi connectivity index (χ2v) is 6.33. The van der Waals surface area contributed by atoms with Crippen molar-refractivity contribution in [3.8, 4) is 5.75 Å². The van der Waals surface area contributed by atoms with Crippen LogP contribution in [0.5, 0.6) is 5.75 Å². The minimum atomic E-state index is -0.321. The van der Waals surface area contributed by atoms with Crippen LogP contribution in [-0.4, -0.2) is 25.5 Å². The molecule has 6 heteroatoms. The van der Waals surface area contributed by atoms with Gasteiger partial charge < -0.3 is 14.2 Å². The summed E-state index contributed by atoms with van der Waals surface area (Å²) in [7, 11) is 1.65. The number of ether oxygens (including phenoxy) is 3. The van der Waals surface area contributed by atoms with Crippen molar-refractivity contribution in [2.24, 2.45) is 5.10 Å². The Kier molecular flexibility index (Phi) is 4.85. The summed E-state index contributed by atoms with van der Waals surface area (Å²) in [5.41, 5.74) is 4.67. The van der Waals surface area contributed by atoms with Gasteiger partial charge in [-0.1, -0.05) is 30.4 Å². The normalized spacial score (nSPS) is 16.1. The maximum absolute atomic E-state index is 12.5. The third kappa shape index (κ3) is 3.62. The molecule has 28 heavy (non-hydrogen) atoms. The van der Waals surface area contributed by atoms with Gasteiger partial charge in [-0.05, 0) is 47.5 Å². The maximum atomic E-state index is 12.5. The molecule has 2 aromatic rings. The highest BCUT2D eigenvalue weighted by molar-refractivity contribution is 6.03. The van der Waals surface area contributed by atoms with E-state index in [1.807, 2.05) is 43.3 Å². The zero-order valence-corrected chi connectivity index (χ0v) is 15.6. The third-order valence-electron chi connectivity index (χ3n) is 4.53. The first-order valence-corrected chi connectivity index (χ1v) is 8.80. The Labute approximate surface area is 162 Å². The second-order valence-electron chi connectivity index (χ2n) is 6.33. The van der Waals surface area contributed by atoms with E-state index in [-0.39, 0.29) is 12.7 Å². The smallest absolute Gasteiger partial charge is 0.268 e. The molecule has 1 amide bonds. The molecule has 1 radical (unpaired) electrons. The monoisotopic (exact) mass is 375 g/mol. The number of hydrogen-bond donors (Lipinski definition) is 1. The molecule has 6 nitrogen and oxygen atoms in total. The summed E-state index contributed by atoms with van der Waals surface area (Å²) in [4.78, 5) is 12.5. The lowest BCUT2D eigenvalue weighted by molar-refractivity contribution is -0.117. The fourth-order valence-electron chi connectivity index (χ4n) is 2.95. The topological polar surface area (TPSA) is 69.2 Å². The summed E-state index contributed by atoms with van der Waals surface area (Å²) >= 11 is 0. The fraction of sp³-hybridized carbons (Fsp3) is 0.136. The van der Waals surface area contributed by atoms with Crippen LogP contribution in [0.2, 0.25) is 0 Å². The van der Waals surface area contributed by atoms with Crippen molar-refractivity contribution in [2.45, 2.75) is 6.92 Å². The predicted octanol–water partition coefficient (Wildman–Crippen LogP) is 3.60. The van der Waals surface area contributed by atoms with Gasteiger partial charge in [-0.2, -0.15) is 5.10 Å². The lowest BCUT2D eigenvalue weighted by Gasteiger charge is -2.07. The van der Waals surface area contributed by atoms with Gasteiger partial charge in [0, 0.05) is 5.57 Å². The highest BCUT2D eigenvalue weighted by Crippen LogP contribution is 2.26. The van der Waals surface area contributed by atoms with Crippen molar-refractivity contribution < 1.29 is 19.0 Å². The zero-order chi connectivity index (χ0) is 19.5. The number of fused-ring (bicyclic) bond motifs is 1. The fourth-order valence-corrected chi connectivity index (χ4v) is 2.95. The number of allylic oxidation sites excluding steroid dienone is 4. The van der Waals surface area contributed by atoms with Crippen molar-refractivity contribution in [1.82, 2.24) is 5.43 Å². The molecule has 0 aromatic heterocycles. The van der Waals surface area contributed by atoms with Crippen LogP contribution in [0.25, 0.3) is 10.8 Å². The summed E-state index contributed by atoms with van der Waals surface area (Å²) < 4.78 is 15.9. The molecular formula is C22H19N2O4. The maximum Gasteiger partial charge on any atom is 0.268 e. The first-order valence-electron chi connectivity index (χ1n) is 8.80. The molecule has 4 rings (SSSR count). The van der Waals surface area contributed by atoms with Crippen molar-refractivity contribution in [3.05, 3.63) is 83.7 Å². The molecule has 0 atom stereocenters. The van der Waals surface area contributed by atoms with Crippen LogP contribution in [0.15, 0.2) is 76.8 Å². The number of benzene rings is 2. The first kappa shape index (κ1) is 17.9. The van der Waals surface area contributed by atoms with E-state index in [9.17, 15) is 4.79 Å². The standard InChI is InChI=1S/C22H19N2O4/c1-14(15-6-7-17-11-19(26-2)9-8-16(17)10-15)23-24-22(25)18-4-3-5-20-21(12-18)28-13-27-20/h3-12H,13H2,1-2H3,(H,24,25)/b23-14+. The number of hydrazone groups is 1. The van der Waals surface area contributed by atoms with Crippen LogP contribution in [0.1, 0.15) is 12.5 Å². The van der Waals surface area contributed by atoms with Gasteiger partial charge in [0.25, 0.3) is 5.91 Å². The van der Waals surface area contributed by atoms with E-state index in [2.05, 4.69) is 10.5 Å². The van der Waals surface area contributed by atoms with E-state index < -0.39 is 0 Å². The van der Waals surface area contributed by atoms with Crippen molar-refractivity contribution >= 4 is 22.4 Å². The SMILES string of the molecule is COc1ccc2cc(/C(C)=N/NC(=O)C3=CC=CC4=C([CH]3)OCO4)ccc2c1. The molecule has 0 unspecified atom stereocenters. The lowest BCUT2D eigenvalue weighted by atomic mass is 10.0. The van der Waals surface area contributed by atoms with Crippen molar-refractivity contribution in [2.75, 3.05) is 13.9 Å². The quantitative estimate of drug-likeness (QED) is 0.655. The summed E-state index contributed by atoms with van der Waals surface area (Å²) in [6.45, 7) is 2.01. The molecule has 1 aliphatic heterocycles. The Morgan fingerprint density at radius 3 is 2.75 bits per heavy atom. The van der Waals surface area contributed by atoms with E-state index >= 15 is 0 Å². The largest absolute Gasteiger partial charge is 0.497 e. The molecule has 0 saturated heterocycles. The number of nitrogens with zero attached hydrogens (tertiary/aromatic N) is 1. The van der Waals surface area contributed by atoms with Crippen LogP contribution in [0, 0.1) is 6.42 Å². The number of hydrogen-bond acceptors (Lipinski definition) is 5. The summed E-state index contributed by atoms with van der Waals surface area (Å²) in [5, 5.41) is 6.39. The minimum absolute atomic E-state index is 0.158. The third-order valence-corrected chi connectivity index (χ3v) is 4.53. The van der Waals surface area contributed by atoms with E-state index in [0.717, 1.165) is 22.1 Å². The number of nitrogens with one attached hydrogen (secondary N) is 1. The molecule has 0 saturated carbocycles. The van der Waals surface area contributed by atoms with E-state index in [4.69, 9.17) is 14.2 Å². The molecule has 0 fully saturated rings. The molecule has 0 bridgehead atoms. The molecule has 141 valence electrons. The summed E-state index contributed by atoms with van der Waals surface area (Å²) in [6, 6.07) is 11.9. The van der Waals surface area contributed by atoms with Crippen LogP contribution in [0.3, 0.4) is 0 Å². The molecule has 1 N–H and O–H groups in total. The molecule has 2 aromatic carbocycles. The minimum Gasteiger partial charge on any atom is -0.497 e. The van der Waals surface area contributed by atoms with Crippen LogP contribution >= 0.6 is 0 Å². The number of methoxy groups -OCH3 is 1.